The maximum atomic E-state index is 13.5. The van der Waals surface area contributed by atoms with Crippen molar-refractivity contribution in [2.45, 2.75) is 23.5 Å². The first-order chi connectivity index (χ1) is 19.2. The molecular weight excluding hydrogens is 569 g/mol. The number of benzene rings is 4. The molecule has 0 aromatic heterocycles. The van der Waals surface area contributed by atoms with E-state index in [1.165, 1.54) is 7.11 Å². The maximum Gasteiger partial charge on any atom is 0.251 e. The van der Waals surface area contributed by atoms with Crippen molar-refractivity contribution in [1.29, 1.82) is 0 Å². The number of hydrogen-bond donors (Lipinski definition) is 1. The van der Waals surface area contributed by atoms with Gasteiger partial charge in [-0.1, -0.05) is 59.6 Å². The van der Waals surface area contributed by atoms with Crippen LogP contribution in [0.15, 0.2) is 89.8 Å². The minimum absolute atomic E-state index is 0.0780. The van der Waals surface area contributed by atoms with Crippen molar-refractivity contribution in [3.63, 3.8) is 0 Å². The number of hydrogen-bond acceptors (Lipinski definition) is 5. The summed E-state index contributed by atoms with van der Waals surface area (Å²) in [4.78, 5) is 12.5. The Kier molecular flexibility index (Phi) is 9.74. The molecule has 0 heterocycles. The number of sulfone groups is 1. The lowest BCUT2D eigenvalue weighted by Gasteiger charge is -2.13. The van der Waals surface area contributed by atoms with Crippen molar-refractivity contribution in [2.75, 3.05) is 20.8 Å². The first-order valence-electron chi connectivity index (χ1n) is 12.6. The number of amides is 1. The minimum atomic E-state index is -3.77. The van der Waals surface area contributed by atoms with Crippen LogP contribution in [0.25, 0.3) is 11.1 Å². The van der Waals surface area contributed by atoms with Crippen LogP contribution in [0.1, 0.15) is 27.9 Å². The molecule has 0 radical (unpaired) electrons. The van der Waals surface area contributed by atoms with E-state index in [9.17, 15) is 13.2 Å². The Hall–Kier alpha value is -3.52. The second-order valence-electron chi connectivity index (χ2n) is 9.16. The van der Waals surface area contributed by atoms with Crippen molar-refractivity contribution in [3.8, 4) is 22.6 Å². The summed E-state index contributed by atoms with van der Waals surface area (Å²) in [7, 11) is -0.772. The summed E-state index contributed by atoms with van der Waals surface area (Å²) in [5, 5.41) is 3.87. The van der Waals surface area contributed by atoms with Crippen LogP contribution >= 0.6 is 23.2 Å². The number of carbonyl (C=O) groups excluding carboxylic acids is 1. The number of carbonyl (C=O) groups is 1. The Balaban J connectivity index is 1.44. The lowest BCUT2D eigenvalue weighted by Crippen LogP contribution is -2.24. The molecule has 9 heteroatoms. The van der Waals surface area contributed by atoms with Crippen molar-refractivity contribution >= 4 is 38.9 Å². The van der Waals surface area contributed by atoms with E-state index in [1.807, 2.05) is 18.2 Å². The first kappa shape index (κ1) is 29.5. The molecule has 0 aliphatic rings. The molecule has 208 valence electrons. The number of halogens is 2. The highest BCUT2D eigenvalue weighted by Crippen LogP contribution is 2.36. The molecule has 1 N–H and O–H groups in total. The van der Waals surface area contributed by atoms with Crippen LogP contribution in [0.3, 0.4) is 0 Å². The van der Waals surface area contributed by atoms with Gasteiger partial charge in [-0.15, -0.1) is 0 Å². The van der Waals surface area contributed by atoms with Crippen molar-refractivity contribution in [3.05, 3.63) is 112 Å². The fourth-order valence-electron chi connectivity index (χ4n) is 4.34. The first-order valence-corrected chi connectivity index (χ1v) is 15.0. The fourth-order valence-corrected chi connectivity index (χ4v) is 6.28. The van der Waals surface area contributed by atoms with E-state index in [0.717, 1.165) is 5.56 Å². The highest BCUT2D eigenvalue weighted by Gasteiger charge is 2.22. The zero-order chi connectivity index (χ0) is 28.7. The van der Waals surface area contributed by atoms with Crippen LogP contribution in [0.4, 0.5) is 0 Å². The van der Waals surface area contributed by atoms with Crippen molar-refractivity contribution < 1.29 is 22.7 Å². The van der Waals surface area contributed by atoms with Gasteiger partial charge in [-0.25, -0.2) is 8.42 Å². The van der Waals surface area contributed by atoms with Crippen LogP contribution in [0.2, 0.25) is 10.0 Å². The Bertz CT molecular complexity index is 1620. The number of nitrogens with one attached hydrogen (secondary N) is 1. The highest BCUT2D eigenvalue weighted by atomic mass is 35.5. The third-order valence-electron chi connectivity index (χ3n) is 6.35. The van der Waals surface area contributed by atoms with Gasteiger partial charge in [-0.05, 0) is 78.1 Å². The largest absolute Gasteiger partial charge is 0.497 e. The van der Waals surface area contributed by atoms with E-state index in [0.29, 0.717) is 57.4 Å². The monoisotopic (exact) mass is 597 g/mol. The Morgan fingerprint density at radius 1 is 0.850 bits per heavy atom. The van der Waals surface area contributed by atoms with Gasteiger partial charge in [0, 0.05) is 27.7 Å². The van der Waals surface area contributed by atoms with Gasteiger partial charge in [0.05, 0.1) is 20.0 Å². The normalized spacial score (nSPS) is 11.2. The van der Waals surface area contributed by atoms with Gasteiger partial charge in [-0.2, -0.15) is 0 Å². The van der Waals surface area contributed by atoms with Gasteiger partial charge in [0.1, 0.15) is 16.4 Å². The number of ether oxygens (including phenoxy) is 2. The molecule has 0 aliphatic heterocycles. The molecule has 0 fully saturated rings. The predicted octanol–water partition coefficient (Wildman–Crippen LogP) is 7.01. The van der Waals surface area contributed by atoms with Gasteiger partial charge in [0.2, 0.25) is 0 Å². The SMILES string of the molecule is COc1cccc(C(=O)NCCCc2cccc(CS(=O)(=O)c3cc(-c4cc(Cl)ccc4Cl)ccc3OC)c2)c1. The average Bonchev–Trinajstić information content (AvgIpc) is 2.96. The summed E-state index contributed by atoms with van der Waals surface area (Å²) >= 11 is 12.5. The molecule has 0 unspecified atom stereocenters. The zero-order valence-electron chi connectivity index (χ0n) is 22.1. The topological polar surface area (TPSA) is 81.7 Å². The molecule has 0 aliphatic carbocycles. The van der Waals surface area contributed by atoms with Crippen LogP contribution in [0.5, 0.6) is 11.5 Å². The molecule has 0 bridgehead atoms. The molecule has 0 saturated carbocycles. The van der Waals surface area contributed by atoms with Crippen molar-refractivity contribution in [1.82, 2.24) is 5.32 Å². The molecule has 0 atom stereocenters. The van der Waals surface area contributed by atoms with Gasteiger partial charge in [0.25, 0.3) is 5.91 Å². The van der Waals surface area contributed by atoms with Gasteiger partial charge in [-0.3, -0.25) is 4.79 Å². The van der Waals surface area contributed by atoms with E-state index >= 15 is 0 Å². The van der Waals surface area contributed by atoms with Gasteiger partial charge in [0.15, 0.2) is 9.84 Å². The number of methoxy groups -OCH3 is 2. The molecular formula is C31H29Cl2NO5S. The molecule has 4 aromatic carbocycles. The third kappa shape index (κ3) is 7.36. The summed E-state index contributed by atoms with van der Waals surface area (Å²) in [6, 6.07) is 24.4. The van der Waals surface area contributed by atoms with Gasteiger partial charge < -0.3 is 14.8 Å². The Morgan fingerprint density at radius 2 is 1.62 bits per heavy atom. The molecule has 4 aromatic rings. The van der Waals surface area contributed by atoms with Crippen LogP contribution in [-0.4, -0.2) is 35.1 Å². The van der Waals surface area contributed by atoms with E-state index in [2.05, 4.69) is 5.32 Å². The summed E-state index contributed by atoms with van der Waals surface area (Å²) in [5.74, 6) is 0.507. The summed E-state index contributed by atoms with van der Waals surface area (Å²) in [5.41, 5.74) is 3.43. The van der Waals surface area contributed by atoms with Crippen LogP contribution in [-0.2, 0) is 22.0 Å². The second-order valence-corrected chi connectivity index (χ2v) is 12.0. The van der Waals surface area contributed by atoms with Crippen molar-refractivity contribution in [2.24, 2.45) is 0 Å². The summed E-state index contributed by atoms with van der Waals surface area (Å²) < 4.78 is 37.7. The number of rotatable bonds is 11. The lowest BCUT2D eigenvalue weighted by molar-refractivity contribution is 0.0953. The molecule has 6 nitrogen and oxygen atoms in total. The standard InChI is InChI=1S/C31H29Cl2NO5S/c1-38-26-10-4-9-24(17-26)31(35)34-15-5-8-21-6-3-7-22(16-21)20-40(36,37)30-18-23(11-14-29(30)39-2)27-19-25(32)12-13-28(27)33/h3-4,6-7,9-14,16-19H,5,8,15,20H2,1-2H3,(H,34,35). The lowest BCUT2D eigenvalue weighted by atomic mass is 10.1. The molecule has 4 rings (SSSR count). The highest BCUT2D eigenvalue weighted by molar-refractivity contribution is 7.90. The minimum Gasteiger partial charge on any atom is -0.497 e. The number of aryl methyl sites for hydroxylation is 1. The van der Waals surface area contributed by atoms with Gasteiger partial charge >= 0.3 is 0 Å². The van der Waals surface area contributed by atoms with E-state index < -0.39 is 9.84 Å². The van der Waals surface area contributed by atoms with Crippen LogP contribution < -0.4 is 14.8 Å². The third-order valence-corrected chi connectivity index (χ3v) is 8.61. The van der Waals surface area contributed by atoms with E-state index in [4.69, 9.17) is 32.7 Å². The summed E-state index contributed by atoms with van der Waals surface area (Å²) in [6.07, 6.45) is 1.38. The second kappa shape index (κ2) is 13.2. The quantitative estimate of drug-likeness (QED) is 0.188. The fraction of sp³-hybridized carbons (Fsp3) is 0.194. The van der Waals surface area contributed by atoms with E-state index in [1.54, 1.807) is 73.8 Å². The maximum absolute atomic E-state index is 13.5. The molecule has 1 amide bonds. The summed E-state index contributed by atoms with van der Waals surface area (Å²) in [6.45, 7) is 0.481. The molecule has 40 heavy (non-hydrogen) atoms. The molecule has 0 saturated heterocycles. The average molecular weight is 599 g/mol. The van der Waals surface area contributed by atoms with Crippen LogP contribution in [0, 0.1) is 0 Å². The zero-order valence-corrected chi connectivity index (χ0v) is 24.4. The predicted molar refractivity (Wildman–Crippen MR) is 159 cm³/mol. The molecule has 0 spiro atoms. The van der Waals surface area contributed by atoms with E-state index in [-0.39, 0.29) is 22.3 Å². The smallest absolute Gasteiger partial charge is 0.251 e. The Morgan fingerprint density at radius 3 is 2.40 bits per heavy atom. The Labute approximate surface area is 244 Å².